The van der Waals surface area contributed by atoms with E-state index >= 15 is 0 Å². The Bertz CT molecular complexity index is 1930. The Hall–Kier alpha value is -6.23. The van der Waals surface area contributed by atoms with Crippen LogP contribution >= 0.6 is 0 Å². The van der Waals surface area contributed by atoms with E-state index in [4.69, 9.17) is 9.47 Å². The van der Waals surface area contributed by atoms with Gasteiger partial charge in [0.25, 0.3) is 11.4 Å². The molecule has 0 saturated carbocycles. The van der Waals surface area contributed by atoms with Crippen LogP contribution in [0.1, 0.15) is 85.2 Å². The molecule has 0 amide bonds. The van der Waals surface area contributed by atoms with Gasteiger partial charge in [-0.05, 0) is 69.9 Å². The zero-order chi connectivity index (χ0) is 37.5. The van der Waals surface area contributed by atoms with Crippen molar-refractivity contribution in [3.8, 4) is 0 Å². The lowest BCUT2D eigenvalue weighted by atomic mass is 9.83. The van der Waals surface area contributed by atoms with E-state index in [1.54, 1.807) is 50.3 Å². The molecule has 2 atom stereocenters. The maximum atomic E-state index is 13.8. The molecule has 5 rings (SSSR count). The maximum Gasteiger partial charge on any atom is 0.341 e. The monoisotopic (exact) mass is 701 g/mol. The van der Waals surface area contributed by atoms with Crippen LogP contribution in [-0.4, -0.2) is 38.0 Å². The van der Waals surface area contributed by atoms with Crippen molar-refractivity contribution < 1.29 is 28.9 Å². The van der Waals surface area contributed by atoms with Crippen molar-refractivity contribution in [1.29, 1.82) is 0 Å². The largest absolute Gasteiger partial charge is 0.439 e. The highest BCUT2D eigenvalue weighted by Crippen LogP contribution is 2.41. The first-order valence-electron chi connectivity index (χ1n) is 16.7. The molecule has 1 heterocycles. The zero-order valence-corrected chi connectivity index (χ0v) is 29.4. The molecule has 0 spiro atoms. The van der Waals surface area contributed by atoms with Gasteiger partial charge >= 0.3 is 11.9 Å². The van der Waals surface area contributed by atoms with Crippen LogP contribution in [0.15, 0.2) is 137 Å². The van der Waals surface area contributed by atoms with Crippen molar-refractivity contribution in [3.63, 3.8) is 0 Å². The van der Waals surface area contributed by atoms with Crippen LogP contribution in [0.4, 0.5) is 0 Å². The quantitative estimate of drug-likeness (QED) is 0.0780. The van der Waals surface area contributed by atoms with Crippen LogP contribution in [0.5, 0.6) is 0 Å². The number of esters is 2. The second-order valence-electron chi connectivity index (χ2n) is 13.2. The molecule has 11 nitrogen and oxygen atoms in total. The van der Waals surface area contributed by atoms with Crippen LogP contribution < -0.4 is 0 Å². The van der Waals surface area contributed by atoms with E-state index in [-0.39, 0.29) is 35.4 Å². The van der Waals surface area contributed by atoms with Gasteiger partial charge in [0.05, 0.1) is 21.0 Å². The molecule has 2 aromatic carbocycles. The van der Waals surface area contributed by atoms with Crippen molar-refractivity contribution >= 4 is 24.1 Å². The van der Waals surface area contributed by atoms with E-state index in [0.717, 1.165) is 22.3 Å². The minimum atomic E-state index is -1.75. The third-order valence-corrected chi connectivity index (χ3v) is 8.84. The number of ether oxygens (including phenoxy) is 2. The second-order valence-corrected chi connectivity index (χ2v) is 13.2. The molecule has 0 N–H and O–H groups in total. The van der Waals surface area contributed by atoms with Gasteiger partial charge in [-0.1, -0.05) is 96.1 Å². The number of aromatic nitrogens is 1. The van der Waals surface area contributed by atoms with Crippen LogP contribution in [-0.2, 0) is 9.47 Å². The summed E-state index contributed by atoms with van der Waals surface area (Å²) in [6.45, 7) is 6.89. The summed E-state index contributed by atoms with van der Waals surface area (Å²) in [5.74, 6) is -1.91. The van der Waals surface area contributed by atoms with Crippen LogP contribution in [0.3, 0.4) is 0 Å². The summed E-state index contributed by atoms with van der Waals surface area (Å²) < 4.78 is 12.0. The number of nitrogens with zero attached hydrogens (tertiary/aromatic N) is 3. The normalized spacial score (nSPS) is 20.5. The molecule has 1 aromatic heterocycles. The van der Waals surface area contributed by atoms with Gasteiger partial charge in [0, 0.05) is 36.4 Å². The Morgan fingerprint density at radius 3 is 1.44 bits per heavy atom. The molecule has 0 aliphatic heterocycles. The van der Waals surface area contributed by atoms with Crippen LogP contribution in [0.25, 0.3) is 12.2 Å². The van der Waals surface area contributed by atoms with Gasteiger partial charge < -0.3 is 9.47 Å². The van der Waals surface area contributed by atoms with E-state index in [0.29, 0.717) is 24.0 Å². The summed E-state index contributed by atoms with van der Waals surface area (Å²) in [7, 11) is 0. The lowest BCUT2D eigenvalue weighted by Gasteiger charge is -2.32. The molecule has 11 heteroatoms. The average Bonchev–Trinajstić information content (AvgIpc) is 3.08. The Kier molecular flexibility index (Phi) is 11.2. The first-order valence-corrected chi connectivity index (χ1v) is 16.7. The van der Waals surface area contributed by atoms with E-state index < -0.39 is 33.0 Å². The number of allylic oxidation sites excluding steroid dienone is 4. The molecular weight excluding hydrogens is 662 g/mol. The fourth-order valence-electron chi connectivity index (χ4n) is 6.91. The van der Waals surface area contributed by atoms with Crippen molar-refractivity contribution in [2.45, 2.75) is 64.6 Å². The Balaban J connectivity index is 1.47. The Morgan fingerprint density at radius 1 is 0.692 bits per heavy atom. The number of carbonyl (C=O) groups is 2. The van der Waals surface area contributed by atoms with Gasteiger partial charge in [0.1, 0.15) is 0 Å². The van der Waals surface area contributed by atoms with Gasteiger partial charge in [-0.25, -0.2) is 9.59 Å². The molecule has 0 bridgehead atoms. The first kappa shape index (κ1) is 37.0. The number of nitro groups is 2. The third kappa shape index (κ3) is 8.38. The number of carbonyl (C=O) groups excluding carboxylic acids is 2. The summed E-state index contributed by atoms with van der Waals surface area (Å²) in [5, 5.41) is 24.9. The molecular formula is C41H39N3O8. The van der Waals surface area contributed by atoms with Gasteiger partial charge in [0.15, 0.2) is 0 Å². The number of hydrogen-bond donors (Lipinski definition) is 0. The second kappa shape index (κ2) is 15.8. The number of hydrogen-bond acceptors (Lipinski definition) is 9. The smallest absolute Gasteiger partial charge is 0.341 e. The van der Waals surface area contributed by atoms with E-state index in [2.05, 4.69) is 4.98 Å². The molecule has 52 heavy (non-hydrogen) atoms. The third-order valence-electron chi connectivity index (χ3n) is 8.84. The average molecular weight is 702 g/mol. The van der Waals surface area contributed by atoms with E-state index in [1.165, 1.54) is 18.5 Å². The van der Waals surface area contributed by atoms with Crippen LogP contribution in [0.2, 0.25) is 0 Å². The van der Waals surface area contributed by atoms with Gasteiger partial charge in [-0.2, -0.15) is 0 Å². The van der Waals surface area contributed by atoms with Gasteiger partial charge in [0.2, 0.25) is 11.2 Å². The van der Waals surface area contributed by atoms with Gasteiger partial charge in [-0.15, -0.1) is 0 Å². The Labute approximate surface area is 301 Å². The lowest BCUT2D eigenvalue weighted by Crippen LogP contribution is -2.41. The highest BCUT2D eigenvalue weighted by molar-refractivity contribution is 5.95. The number of rotatable bonds is 12. The molecule has 0 fully saturated rings. The highest BCUT2D eigenvalue weighted by atomic mass is 16.6. The van der Waals surface area contributed by atoms with Crippen LogP contribution in [0, 0.1) is 20.2 Å². The summed E-state index contributed by atoms with van der Waals surface area (Å²) in [6, 6.07) is 19.9. The number of pyridine rings is 1. The maximum absolute atomic E-state index is 13.8. The molecule has 2 aliphatic carbocycles. The minimum absolute atomic E-state index is 0.0339. The molecule has 0 radical (unpaired) electrons. The predicted molar refractivity (Wildman–Crippen MR) is 197 cm³/mol. The van der Waals surface area contributed by atoms with Gasteiger partial charge in [-0.3, -0.25) is 25.2 Å². The number of benzene rings is 2. The predicted octanol–water partition coefficient (Wildman–Crippen LogP) is 8.88. The first-order chi connectivity index (χ1) is 24.8. The SMILES string of the molecule is CC1=CC(C/C=C/c2ccccc2)(OC(=O)c2cncc(C(=O)OC3(C/C=C/c4ccccc4)C=C(C)CC(C)=C3[N+](=O)[O-])c2)C([N+](=O)[O-])=C(C)C1. The topological polar surface area (TPSA) is 152 Å². The van der Waals surface area contributed by atoms with Crippen molar-refractivity contribution in [3.05, 3.63) is 180 Å². The van der Waals surface area contributed by atoms with Crippen molar-refractivity contribution in [2.75, 3.05) is 0 Å². The highest BCUT2D eigenvalue weighted by Gasteiger charge is 2.49. The zero-order valence-electron chi connectivity index (χ0n) is 29.4. The Morgan fingerprint density at radius 2 is 1.08 bits per heavy atom. The summed E-state index contributed by atoms with van der Waals surface area (Å²) in [6.07, 6.45) is 13.2. The summed E-state index contributed by atoms with van der Waals surface area (Å²) in [4.78, 5) is 55.6. The van der Waals surface area contributed by atoms with E-state index in [9.17, 15) is 29.8 Å². The lowest BCUT2D eigenvalue weighted by molar-refractivity contribution is -0.442. The summed E-state index contributed by atoms with van der Waals surface area (Å²) in [5.41, 5.74) is -0.115. The fraction of sp³-hybridized carbons (Fsp3) is 0.244. The fourth-order valence-corrected chi connectivity index (χ4v) is 6.91. The molecule has 2 unspecified atom stereocenters. The van der Waals surface area contributed by atoms with E-state index in [1.807, 2.05) is 74.5 Å². The standard InChI is InChI=1S/C41H39N3O8/c1-28-21-30(3)36(43(47)48)40(24-28,19-11-17-32-13-7-5-8-14-32)51-38(45)34-23-35(27-42-26-34)39(46)52-41(20-12-18-33-15-9-6-10-16-33)25-29(2)22-31(4)37(41)44(49)50/h5-18,23-27H,19-22H2,1-4H3/b17-11+,18-12+. The summed E-state index contributed by atoms with van der Waals surface area (Å²) >= 11 is 0. The minimum Gasteiger partial charge on any atom is -0.439 e. The molecule has 266 valence electrons. The van der Waals surface area contributed by atoms with Crippen molar-refractivity contribution in [1.82, 2.24) is 4.98 Å². The molecule has 0 saturated heterocycles. The molecule has 2 aliphatic rings. The molecule has 3 aromatic rings. The van der Waals surface area contributed by atoms with Crippen molar-refractivity contribution in [2.24, 2.45) is 0 Å².